The zero-order chi connectivity index (χ0) is 10.8. The standard InChI is InChI=1S/C9H11N5S/c1-6-4-3-5-7(8(6)10)15-9-11-12-13-14(9)2/h3-5H,10H2,1-2H3. The lowest BCUT2D eigenvalue weighted by molar-refractivity contribution is 0.664. The van der Waals surface area contributed by atoms with Gasteiger partial charge in [-0.2, -0.15) is 0 Å². The number of anilines is 1. The van der Waals surface area contributed by atoms with Gasteiger partial charge in [0.25, 0.3) is 0 Å². The van der Waals surface area contributed by atoms with Gasteiger partial charge in [0.05, 0.1) is 0 Å². The monoisotopic (exact) mass is 221 g/mol. The molecule has 1 aromatic carbocycles. The van der Waals surface area contributed by atoms with Gasteiger partial charge in [0.2, 0.25) is 5.16 Å². The van der Waals surface area contributed by atoms with Gasteiger partial charge in [-0.25, -0.2) is 4.68 Å². The van der Waals surface area contributed by atoms with E-state index in [0.717, 1.165) is 21.3 Å². The molecule has 0 radical (unpaired) electrons. The van der Waals surface area contributed by atoms with Crippen LogP contribution in [0.15, 0.2) is 28.3 Å². The summed E-state index contributed by atoms with van der Waals surface area (Å²) in [5.74, 6) is 0. The van der Waals surface area contributed by atoms with E-state index in [4.69, 9.17) is 5.73 Å². The summed E-state index contributed by atoms with van der Waals surface area (Å²) in [5.41, 5.74) is 7.80. The molecule has 0 spiro atoms. The molecule has 0 fully saturated rings. The van der Waals surface area contributed by atoms with E-state index in [9.17, 15) is 0 Å². The van der Waals surface area contributed by atoms with Crippen molar-refractivity contribution < 1.29 is 0 Å². The second-order valence-corrected chi connectivity index (χ2v) is 4.18. The van der Waals surface area contributed by atoms with Crippen molar-refractivity contribution in [1.29, 1.82) is 0 Å². The molecule has 0 aliphatic heterocycles. The molecule has 1 aromatic heterocycles. The van der Waals surface area contributed by atoms with Gasteiger partial charge in [0.15, 0.2) is 0 Å². The van der Waals surface area contributed by atoms with Crippen LogP contribution in [0.1, 0.15) is 5.56 Å². The molecule has 2 aromatic rings. The number of tetrazole rings is 1. The van der Waals surface area contributed by atoms with E-state index >= 15 is 0 Å². The first kappa shape index (κ1) is 9.97. The van der Waals surface area contributed by atoms with Gasteiger partial charge in [-0.1, -0.05) is 12.1 Å². The molecule has 6 heteroatoms. The summed E-state index contributed by atoms with van der Waals surface area (Å²) in [6.07, 6.45) is 0. The lowest BCUT2D eigenvalue weighted by Gasteiger charge is -2.05. The van der Waals surface area contributed by atoms with E-state index in [-0.39, 0.29) is 0 Å². The fourth-order valence-corrected chi connectivity index (χ4v) is 2.01. The first-order chi connectivity index (χ1) is 7.18. The van der Waals surface area contributed by atoms with Crippen molar-refractivity contribution in [1.82, 2.24) is 20.2 Å². The Labute approximate surface area is 91.7 Å². The third kappa shape index (κ3) is 1.94. The zero-order valence-electron chi connectivity index (χ0n) is 8.51. The van der Waals surface area contributed by atoms with Gasteiger partial charge in [-0.15, -0.1) is 5.10 Å². The molecule has 0 aliphatic rings. The first-order valence-electron chi connectivity index (χ1n) is 4.44. The van der Waals surface area contributed by atoms with E-state index in [2.05, 4.69) is 15.5 Å². The summed E-state index contributed by atoms with van der Waals surface area (Å²) in [6, 6.07) is 5.91. The maximum atomic E-state index is 5.95. The van der Waals surface area contributed by atoms with Crippen LogP contribution in [0, 0.1) is 6.92 Å². The molecule has 2 N–H and O–H groups in total. The minimum absolute atomic E-state index is 0.729. The maximum Gasteiger partial charge on any atom is 0.213 e. The Balaban J connectivity index is 2.33. The van der Waals surface area contributed by atoms with Crippen LogP contribution in [0.2, 0.25) is 0 Å². The molecule has 15 heavy (non-hydrogen) atoms. The normalized spacial score (nSPS) is 10.5. The van der Waals surface area contributed by atoms with E-state index in [0.29, 0.717) is 0 Å². The van der Waals surface area contributed by atoms with Crippen LogP contribution in [-0.4, -0.2) is 20.2 Å². The number of hydrogen-bond donors (Lipinski definition) is 1. The Morgan fingerprint density at radius 3 is 2.87 bits per heavy atom. The predicted octanol–water partition coefficient (Wildman–Crippen LogP) is 1.25. The van der Waals surface area contributed by atoms with Gasteiger partial charge in [0, 0.05) is 17.6 Å². The van der Waals surface area contributed by atoms with Gasteiger partial charge >= 0.3 is 0 Å². The van der Waals surface area contributed by atoms with Gasteiger partial charge < -0.3 is 5.73 Å². The van der Waals surface area contributed by atoms with Gasteiger partial charge in [0.1, 0.15) is 0 Å². The number of benzene rings is 1. The lowest BCUT2D eigenvalue weighted by Crippen LogP contribution is -1.95. The maximum absolute atomic E-state index is 5.95. The molecular formula is C9H11N5S. The Morgan fingerprint density at radius 1 is 1.40 bits per heavy atom. The lowest BCUT2D eigenvalue weighted by atomic mass is 10.2. The highest BCUT2D eigenvalue weighted by molar-refractivity contribution is 7.99. The second-order valence-electron chi connectivity index (χ2n) is 3.17. The highest BCUT2D eigenvalue weighted by Gasteiger charge is 2.08. The van der Waals surface area contributed by atoms with Crippen molar-refractivity contribution in [3.05, 3.63) is 23.8 Å². The third-order valence-electron chi connectivity index (χ3n) is 2.07. The smallest absolute Gasteiger partial charge is 0.213 e. The molecule has 0 atom stereocenters. The summed E-state index contributed by atoms with van der Waals surface area (Å²) in [7, 11) is 1.80. The summed E-state index contributed by atoms with van der Waals surface area (Å²) in [5, 5.41) is 12.0. The second kappa shape index (κ2) is 3.90. The van der Waals surface area contributed by atoms with Crippen LogP contribution in [-0.2, 0) is 7.05 Å². The van der Waals surface area contributed by atoms with Crippen LogP contribution < -0.4 is 5.73 Å². The molecule has 2 rings (SSSR count). The number of hydrogen-bond acceptors (Lipinski definition) is 5. The van der Waals surface area contributed by atoms with Crippen molar-refractivity contribution in [3.8, 4) is 0 Å². The minimum atomic E-state index is 0.729. The molecule has 0 saturated carbocycles. The van der Waals surface area contributed by atoms with Crippen LogP contribution in [0.25, 0.3) is 0 Å². The Kier molecular flexibility index (Phi) is 2.59. The number of aromatic nitrogens is 4. The van der Waals surface area contributed by atoms with Crippen molar-refractivity contribution in [2.75, 3.05) is 5.73 Å². The highest BCUT2D eigenvalue weighted by atomic mass is 32.2. The number of rotatable bonds is 2. The fraction of sp³-hybridized carbons (Fsp3) is 0.222. The molecule has 78 valence electrons. The molecule has 0 amide bonds. The molecule has 1 heterocycles. The highest BCUT2D eigenvalue weighted by Crippen LogP contribution is 2.31. The topological polar surface area (TPSA) is 69.6 Å². The number of nitrogens with two attached hydrogens (primary N) is 1. The molecule has 0 saturated heterocycles. The summed E-state index contributed by atoms with van der Waals surface area (Å²) in [4.78, 5) is 0.980. The summed E-state index contributed by atoms with van der Waals surface area (Å²) >= 11 is 1.46. The van der Waals surface area contributed by atoms with E-state index < -0.39 is 0 Å². The zero-order valence-corrected chi connectivity index (χ0v) is 9.32. The van der Waals surface area contributed by atoms with E-state index in [1.807, 2.05) is 25.1 Å². The number of para-hydroxylation sites is 1. The SMILES string of the molecule is Cc1cccc(Sc2nnnn2C)c1N. The molecule has 5 nitrogen and oxygen atoms in total. The van der Waals surface area contributed by atoms with Crippen molar-refractivity contribution >= 4 is 17.4 Å². The fourth-order valence-electron chi connectivity index (χ4n) is 1.15. The molecule has 0 bridgehead atoms. The van der Waals surface area contributed by atoms with E-state index in [1.54, 1.807) is 11.7 Å². The minimum Gasteiger partial charge on any atom is -0.398 e. The summed E-state index contributed by atoms with van der Waals surface area (Å²) < 4.78 is 1.62. The van der Waals surface area contributed by atoms with Crippen molar-refractivity contribution in [2.24, 2.45) is 7.05 Å². The Hall–Kier alpha value is -1.56. The Bertz CT molecular complexity index is 479. The van der Waals surface area contributed by atoms with Crippen LogP contribution in [0.3, 0.4) is 0 Å². The van der Waals surface area contributed by atoms with Crippen molar-refractivity contribution in [3.63, 3.8) is 0 Å². The average Bonchev–Trinajstić information content (AvgIpc) is 2.60. The summed E-state index contributed by atoms with van der Waals surface area (Å²) in [6.45, 7) is 1.98. The predicted molar refractivity (Wildman–Crippen MR) is 58.5 cm³/mol. The van der Waals surface area contributed by atoms with Crippen LogP contribution >= 0.6 is 11.8 Å². The van der Waals surface area contributed by atoms with Gasteiger partial charge in [-0.05, 0) is 40.7 Å². The average molecular weight is 221 g/mol. The Morgan fingerprint density at radius 2 is 2.20 bits per heavy atom. The molecule has 0 unspecified atom stereocenters. The molecule has 0 aliphatic carbocycles. The van der Waals surface area contributed by atoms with Gasteiger partial charge in [-0.3, -0.25) is 0 Å². The number of nitrogen functional groups attached to an aromatic ring is 1. The number of aryl methyl sites for hydroxylation is 2. The number of nitrogens with zero attached hydrogens (tertiary/aromatic N) is 4. The largest absolute Gasteiger partial charge is 0.398 e. The molecular weight excluding hydrogens is 210 g/mol. The van der Waals surface area contributed by atoms with Crippen molar-refractivity contribution in [2.45, 2.75) is 17.0 Å². The van der Waals surface area contributed by atoms with Crippen LogP contribution in [0.4, 0.5) is 5.69 Å². The van der Waals surface area contributed by atoms with E-state index in [1.165, 1.54) is 11.8 Å². The van der Waals surface area contributed by atoms with Crippen LogP contribution in [0.5, 0.6) is 0 Å². The quantitative estimate of drug-likeness (QED) is 0.773. The first-order valence-corrected chi connectivity index (χ1v) is 5.25. The third-order valence-corrected chi connectivity index (χ3v) is 3.17.